The number of rotatable bonds is 6. The molecule has 0 spiro atoms. The van der Waals surface area contributed by atoms with Gasteiger partial charge in [-0.3, -0.25) is 9.48 Å². The molecule has 2 aromatic heterocycles. The number of hydrogen-bond donors (Lipinski definition) is 1. The molecular formula is C21H22N4O. The fourth-order valence-electron chi connectivity index (χ4n) is 2.76. The van der Waals surface area contributed by atoms with Crippen LogP contribution in [0.4, 0.5) is 5.82 Å². The molecule has 26 heavy (non-hydrogen) atoms. The first-order valence-electron chi connectivity index (χ1n) is 8.54. The first-order chi connectivity index (χ1) is 12.5. The van der Waals surface area contributed by atoms with Gasteiger partial charge in [0.05, 0.1) is 6.20 Å². The average molecular weight is 346 g/mol. The van der Waals surface area contributed by atoms with Crippen molar-refractivity contribution >= 4 is 22.5 Å². The van der Waals surface area contributed by atoms with Gasteiger partial charge in [-0.25, -0.2) is 4.98 Å². The van der Waals surface area contributed by atoms with Crippen LogP contribution in [-0.4, -0.2) is 20.7 Å². The Morgan fingerprint density at radius 3 is 2.77 bits per heavy atom. The maximum atomic E-state index is 12.1. The van der Waals surface area contributed by atoms with Gasteiger partial charge in [0.25, 0.3) is 0 Å². The fraction of sp³-hybridized carbons (Fsp3) is 0.190. The van der Waals surface area contributed by atoms with E-state index in [4.69, 9.17) is 0 Å². The summed E-state index contributed by atoms with van der Waals surface area (Å²) >= 11 is 0. The molecule has 1 aromatic carbocycles. The number of nitrogens with one attached hydrogen (secondary N) is 1. The van der Waals surface area contributed by atoms with E-state index in [-0.39, 0.29) is 5.91 Å². The van der Waals surface area contributed by atoms with Crippen molar-refractivity contribution in [3.05, 3.63) is 67.2 Å². The van der Waals surface area contributed by atoms with E-state index in [1.165, 1.54) is 0 Å². The number of aryl methyl sites for hydroxylation is 1. The number of anilines is 1. The molecule has 5 heteroatoms. The number of carbonyl (C=O) groups excluding carboxylic acids is 1. The molecule has 0 fully saturated rings. The molecule has 1 N–H and O–H groups in total. The van der Waals surface area contributed by atoms with Crippen LogP contribution in [0.3, 0.4) is 0 Å². The average Bonchev–Trinajstić information content (AvgIpc) is 3.06. The van der Waals surface area contributed by atoms with E-state index in [2.05, 4.69) is 28.0 Å². The molecule has 0 saturated heterocycles. The quantitative estimate of drug-likeness (QED) is 0.669. The minimum absolute atomic E-state index is 0.0640. The number of benzene rings is 1. The molecule has 0 aliphatic carbocycles. The zero-order valence-electron chi connectivity index (χ0n) is 15.1. The van der Waals surface area contributed by atoms with Crippen LogP contribution in [0.1, 0.15) is 19.8 Å². The fourth-order valence-corrected chi connectivity index (χ4v) is 2.76. The second-order valence-electron chi connectivity index (χ2n) is 6.24. The monoisotopic (exact) mass is 346 g/mol. The number of pyridine rings is 1. The molecule has 0 unspecified atom stereocenters. The van der Waals surface area contributed by atoms with Gasteiger partial charge in [0.2, 0.25) is 5.91 Å². The molecule has 0 atom stereocenters. The Balaban J connectivity index is 1.75. The summed E-state index contributed by atoms with van der Waals surface area (Å²) in [5.74, 6) is 0.494. The zero-order chi connectivity index (χ0) is 18.5. The van der Waals surface area contributed by atoms with E-state index >= 15 is 0 Å². The summed E-state index contributed by atoms with van der Waals surface area (Å²) < 4.78 is 1.78. The molecule has 3 rings (SSSR count). The highest BCUT2D eigenvalue weighted by Gasteiger charge is 2.07. The Kier molecular flexibility index (Phi) is 5.27. The first-order valence-corrected chi connectivity index (χ1v) is 8.54. The molecule has 3 aromatic rings. The second-order valence-corrected chi connectivity index (χ2v) is 6.24. The van der Waals surface area contributed by atoms with Crippen molar-refractivity contribution in [2.24, 2.45) is 7.05 Å². The third kappa shape index (κ3) is 4.25. The van der Waals surface area contributed by atoms with Crippen LogP contribution in [-0.2, 0) is 11.8 Å². The predicted molar refractivity (Wildman–Crippen MR) is 106 cm³/mol. The van der Waals surface area contributed by atoms with Crippen LogP contribution in [0.2, 0.25) is 0 Å². The van der Waals surface area contributed by atoms with Gasteiger partial charge in [-0.1, -0.05) is 36.4 Å². The molecule has 1 amide bonds. The minimum atomic E-state index is -0.0640. The van der Waals surface area contributed by atoms with Gasteiger partial charge in [0.1, 0.15) is 5.82 Å². The van der Waals surface area contributed by atoms with Crippen LogP contribution in [0, 0.1) is 0 Å². The molecule has 0 aliphatic heterocycles. The summed E-state index contributed by atoms with van der Waals surface area (Å²) in [6.07, 6.45) is 10.4. The third-order valence-corrected chi connectivity index (χ3v) is 4.10. The summed E-state index contributed by atoms with van der Waals surface area (Å²) in [6, 6.07) is 8.05. The largest absolute Gasteiger partial charge is 0.311 e. The molecule has 0 saturated carbocycles. The van der Waals surface area contributed by atoms with Gasteiger partial charge < -0.3 is 5.32 Å². The lowest BCUT2D eigenvalue weighted by Gasteiger charge is -2.07. The molecule has 0 bridgehead atoms. The lowest BCUT2D eigenvalue weighted by Crippen LogP contribution is -2.12. The second kappa shape index (κ2) is 7.78. The lowest BCUT2D eigenvalue weighted by molar-refractivity contribution is -0.116. The smallest absolute Gasteiger partial charge is 0.225 e. The van der Waals surface area contributed by atoms with E-state index in [0.717, 1.165) is 27.5 Å². The highest BCUT2D eigenvalue weighted by Crippen LogP contribution is 2.25. The standard InChI is InChI=1S/C21H22N4O/c1-4-5-15(2)6-9-21(26)24-20-11-18-10-16(7-8-17(18)12-22-20)19-13-23-25(3)14-19/h4-5,7-8,10-14H,2,6,9H2,1,3H3,(H,22,24,26)/b5-4-. The lowest BCUT2D eigenvalue weighted by atomic mass is 10.1. The number of hydrogen-bond acceptors (Lipinski definition) is 3. The Hall–Kier alpha value is -3.21. The molecule has 2 heterocycles. The van der Waals surface area contributed by atoms with Crippen LogP contribution in [0.25, 0.3) is 21.9 Å². The van der Waals surface area contributed by atoms with E-state index in [1.807, 2.05) is 56.7 Å². The van der Waals surface area contributed by atoms with Crippen molar-refractivity contribution in [2.75, 3.05) is 5.32 Å². The number of carbonyl (C=O) groups is 1. The Labute approximate surface area is 153 Å². The highest BCUT2D eigenvalue weighted by molar-refractivity contribution is 5.94. The Morgan fingerprint density at radius 1 is 1.19 bits per heavy atom. The Bertz CT molecular complexity index is 985. The van der Waals surface area contributed by atoms with Crippen LogP contribution < -0.4 is 5.32 Å². The van der Waals surface area contributed by atoms with Gasteiger partial charge in [-0.15, -0.1) is 0 Å². The van der Waals surface area contributed by atoms with Crippen LogP contribution in [0.15, 0.2) is 67.2 Å². The number of amides is 1. The van der Waals surface area contributed by atoms with Crippen LogP contribution in [0.5, 0.6) is 0 Å². The maximum Gasteiger partial charge on any atom is 0.225 e. The number of fused-ring (bicyclic) bond motifs is 1. The normalized spacial score (nSPS) is 11.2. The van der Waals surface area contributed by atoms with E-state index in [1.54, 1.807) is 10.9 Å². The summed E-state index contributed by atoms with van der Waals surface area (Å²) in [6.45, 7) is 5.85. The van der Waals surface area contributed by atoms with Crippen molar-refractivity contribution in [3.8, 4) is 11.1 Å². The van der Waals surface area contributed by atoms with E-state index < -0.39 is 0 Å². The van der Waals surface area contributed by atoms with Gasteiger partial charge in [0, 0.05) is 36.8 Å². The highest BCUT2D eigenvalue weighted by atomic mass is 16.1. The Morgan fingerprint density at radius 2 is 2.04 bits per heavy atom. The summed E-state index contributed by atoms with van der Waals surface area (Å²) in [7, 11) is 1.90. The zero-order valence-corrected chi connectivity index (χ0v) is 15.1. The van der Waals surface area contributed by atoms with Crippen molar-refractivity contribution < 1.29 is 4.79 Å². The van der Waals surface area contributed by atoms with Gasteiger partial charge in [0.15, 0.2) is 0 Å². The molecule has 0 radical (unpaired) electrons. The van der Waals surface area contributed by atoms with Gasteiger partial charge >= 0.3 is 0 Å². The molecule has 0 aliphatic rings. The SMILES string of the molecule is C=C(/C=C\C)CCC(=O)Nc1cc2cc(-c3cnn(C)c3)ccc2cn1. The van der Waals surface area contributed by atoms with Gasteiger partial charge in [-0.05, 0) is 36.4 Å². The van der Waals surface area contributed by atoms with Crippen molar-refractivity contribution in [3.63, 3.8) is 0 Å². The number of aromatic nitrogens is 3. The first kappa shape index (κ1) is 17.6. The van der Waals surface area contributed by atoms with Crippen molar-refractivity contribution in [1.82, 2.24) is 14.8 Å². The summed E-state index contributed by atoms with van der Waals surface area (Å²) in [4.78, 5) is 16.5. The van der Waals surface area contributed by atoms with Crippen LogP contribution >= 0.6 is 0 Å². The van der Waals surface area contributed by atoms with Crippen molar-refractivity contribution in [2.45, 2.75) is 19.8 Å². The topological polar surface area (TPSA) is 59.8 Å². The van der Waals surface area contributed by atoms with Gasteiger partial charge in [-0.2, -0.15) is 5.10 Å². The minimum Gasteiger partial charge on any atom is -0.311 e. The molecular weight excluding hydrogens is 324 g/mol. The molecule has 132 valence electrons. The summed E-state index contributed by atoms with van der Waals surface area (Å²) in [5, 5.41) is 9.12. The summed E-state index contributed by atoms with van der Waals surface area (Å²) in [5.41, 5.74) is 3.08. The molecule has 5 nitrogen and oxygen atoms in total. The van der Waals surface area contributed by atoms with E-state index in [9.17, 15) is 4.79 Å². The number of nitrogens with zero attached hydrogens (tertiary/aromatic N) is 3. The number of allylic oxidation sites excluding steroid dienone is 3. The van der Waals surface area contributed by atoms with Crippen molar-refractivity contribution in [1.29, 1.82) is 0 Å². The van der Waals surface area contributed by atoms with E-state index in [0.29, 0.717) is 18.7 Å². The maximum absolute atomic E-state index is 12.1. The predicted octanol–water partition coefficient (Wildman–Crippen LogP) is 4.49. The third-order valence-electron chi connectivity index (χ3n) is 4.10.